The number of carbonyl (C=O) groups excluding carboxylic acids is 2. The fraction of sp³-hybridized carbons (Fsp3) is 0.353. The van der Waals surface area contributed by atoms with Crippen LogP contribution in [0.4, 0.5) is 5.69 Å². The molecule has 7 nitrogen and oxygen atoms in total. The van der Waals surface area contributed by atoms with Gasteiger partial charge in [0.25, 0.3) is 5.91 Å². The predicted molar refractivity (Wildman–Crippen MR) is 89.2 cm³/mol. The molecule has 0 bridgehead atoms. The lowest BCUT2D eigenvalue weighted by atomic mass is 10.0. The maximum atomic E-state index is 12.5. The Bertz CT molecular complexity index is 769. The lowest BCUT2D eigenvalue weighted by Gasteiger charge is -2.29. The number of benzene rings is 1. The Morgan fingerprint density at radius 1 is 1.33 bits per heavy atom. The number of nitrogens with zero attached hydrogens (tertiary/aromatic N) is 3. The highest BCUT2D eigenvalue weighted by molar-refractivity contribution is 6.01. The lowest BCUT2D eigenvalue weighted by molar-refractivity contribution is -0.117. The van der Waals surface area contributed by atoms with Crippen LogP contribution < -0.4 is 15.0 Å². The summed E-state index contributed by atoms with van der Waals surface area (Å²) in [7, 11) is 3.16. The van der Waals surface area contributed by atoms with Gasteiger partial charge in [0.05, 0.1) is 13.7 Å². The molecule has 2 aromatic rings. The summed E-state index contributed by atoms with van der Waals surface area (Å²) in [5, 5.41) is 6.69. The van der Waals surface area contributed by atoms with Gasteiger partial charge in [-0.15, -0.1) is 5.10 Å². The summed E-state index contributed by atoms with van der Waals surface area (Å²) < 4.78 is 6.57. The number of hydrogen-bond donors (Lipinski definition) is 1. The van der Waals surface area contributed by atoms with Crippen molar-refractivity contribution in [2.75, 3.05) is 25.1 Å². The zero-order chi connectivity index (χ0) is 17.1. The summed E-state index contributed by atoms with van der Waals surface area (Å²) in [6, 6.07) is 7.87. The van der Waals surface area contributed by atoms with E-state index in [2.05, 4.69) is 10.4 Å². The van der Waals surface area contributed by atoms with Gasteiger partial charge in [-0.25, -0.2) is 0 Å². The second-order valence-electron chi connectivity index (χ2n) is 5.69. The smallest absolute Gasteiger partial charge is 0.258 e. The van der Waals surface area contributed by atoms with Crippen molar-refractivity contribution in [1.29, 1.82) is 0 Å². The van der Waals surface area contributed by atoms with Crippen LogP contribution in [0.15, 0.2) is 30.5 Å². The van der Waals surface area contributed by atoms with Crippen molar-refractivity contribution in [1.82, 2.24) is 15.1 Å². The van der Waals surface area contributed by atoms with E-state index in [4.69, 9.17) is 4.74 Å². The fourth-order valence-corrected chi connectivity index (χ4v) is 2.91. The number of anilines is 1. The van der Waals surface area contributed by atoms with E-state index in [1.165, 1.54) is 11.8 Å². The molecule has 1 aliphatic heterocycles. The van der Waals surface area contributed by atoms with Crippen LogP contribution in [0, 0.1) is 0 Å². The summed E-state index contributed by atoms with van der Waals surface area (Å²) in [5.74, 6) is -0.261. The van der Waals surface area contributed by atoms with Crippen molar-refractivity contribution in [3.63, 3.8) is 0 Å². The Balaban J connectivity index is 1.67. The van der Waals surface area contributed by atoms with Crippen LogP contribution >= 0.6 is 0 Å². The molecule has 2 heterocycles. The van der Waals surface area contributed by atoms with Gasteiger partial charge >= 0.3 is 0 Å². The Labute approximate surface area is 140 Å². The van der Waals surface area contributed by atoms with E-state index < -0.39 is 0 Å². The number of rotatable bonds is 4. The minimum absolute atomic E-state index is 0.0643. The summed E-state index contributed by atoms with van der Waals surface area (Å²) in [4.78, 5) is 26.5. The molecule has 0 spiro atoms. The first-order chi connectivity index (χ1) is 11.6. The van der Waals surface area contributed by atoms with Crippen LogP contribution in [-0.4, -0.2) is 41.8 Å². The van der Waals surface area contributed by atoms with Crippen molar-refractivity contribution in [2.24, 2.45) is 7.05 Å². The normalized spacial score (nSPS) is 13.3. The number of fused-ring (bicyclic) bond motifs is 1. The average molecular weight is 328 g/mol. The maximum absolute atomic E-state index is 12.5. The molecule has 24 heavy (non-hydrogen) atoms. The largest absolute Gasteiger partial charge is 0.479 e. The number of methoxy groups -OCH3 is 1. The number of amides is 2. The second kappa shape index (κ2) is 6.74. The van der Waals surface area contributed by atoms with Crippen molar-refractivity contribution in [3.8, 4) is 5.88 Å². The van der Waals surface area contributed by atoms with Crippen LogP contribution in [0.3, 0.4) is 0 Å². The molecule has 0 unspecified atom stereocenters. The Morgan fingerprint density at radius 3 is 2.92 bits per heavy atom. The molecule has 0 atom stereocenters. The molecule has 1 aliphatic rings. The molecule has 3 rings (SSSR count). The zero-order valence-corrected chi connectivity index (χ0v) is 13.8. The van der Waals surface area contributed by atoms with Crippen LogP contribution in [0.5, 0.6) is 5.88 Å². The number of nitrogens with one attached hydrogen (secondary N) is 1. The minimum atomic E-state index is -0.376. The number of carbonyl (C=O) groups is 2. The Morgan fingerprint density at radius 2 is 2.12 bits per heavy atom. The first kappa shape index (κ1) is 16.0. The standard InChI is InChI=1S/C17H20N4O3/c1-20-11-13(17(19-20)24-2)16(23)18-10-15(22)21-9-5-7-12-6-3-4-8-14(12)21/h3-4,6,8,11H,5,7,9-10H2,1-2H3,(H,18,23). The molecular weight excluding hydrogens is 308 g/mol. The topological polar surface area (TPSA) is 76.5 Å². The molecule has 0 fully saturated rings. The monoisotopic (exact) mass is 328 g/mol. The second-order valence-corrected chi connectivity index (χ2v) is 5.69. The molecule has 1 aromatic carbocycles. The van der Waals surface area contributed by atoms with Gasteiger partial charge in [-0.05, 0) is 24.5 Å². The van der Waals surface area contributed by atoms with Crippen LogP contribution in [-0.2, 0) is 18.3 Å². The van der Waals surface area contributed by atoms with E-state index in [-0.39, 0.29) is 24.2 Å². The Kier molecular flexibility index (Phi) is 4.50. The highest BCUT2D eigenvalue weighted by Gasteiger charge is 2.23. The van der Waals surface area contributed by atoms with Gasteiger partial charge in [-0.1, -0.05) is 18.2 Å². The molecule has 7 heteroatoms. The first-order valence-corrected chi connectivity index (χ1v) is 7.84. The molecule has 0 saturated heterocycles. The number of para-hydroxylation sites is 1. The number of aromatic nitrogens is 2. The van der Waals surface area contributed by atoms with E-state index in [0.717, 1.165) is 24.1 Å². The highest BCUT2D eigenvalue weighted by atomic mass is 16.5. The van der Waals surface area contributed by atoms with E-state index in [0.29, 0.717) is 12.1 Å². The number of aryl methyl sites for hydroxylation is 2. The van der Waals surface area contributed by atoms with Gasteiger partial charge < -0.3 is 15.0 Å². The third kappa shape index (κ3) is 3.10. The molecule has 126 valence electrons. The summed E-state index contributed by atoms with van der Waals surface area (Å²) in [5.41, 5.74) is 2.41. The highest BCUT2D eigenvalue weighted by Crippen LogP contribution is 2.26. The molecule has 0 aliphatic carbocycles. The van der Waals surface area contributed by atoms with E-state index in [1.807, 2.05) is 24.3 Å². The molecule has 1 aromatic heterocycles. The summed E-state index contributed by atoms with van der Waals surface area (Å²) in [6.45, 7) is 0.604. The van der Waals surface area contributed by atoms with Gasteiger partial charge in [-0.3, -0.25) is 14.3 Å². The molecule has 0 saturated carbocycles. The average Bonchev–Trinajstić information content (AvgIpc) is 3.00. The van der Waals surface area contributed by atoms with Crippen molar-refractivity contribution in [3.05, 3.63) is 41.6 Å². The quantitative estimate of drug-likeness (QED) is 0.913. The third-order valence-corrected chi connectivity index (χ3v) is 4.04. The summed E-state index contributed by atoms with van der Waals surface area (Å²) in [6.07, 6.45) is 3.46. The third-order valence-electron chi connectivity index (χ3n) is 4.04. The summed E-state index contributed by atoms with van der Waals surface area (Å²) >= 11 is 0. The molecule has 2 amide bonds. The van der Waals surface area contributed by atoms with E-state index in [1.54, 1.807) is 18.1 Å². The number of ether oxygens (including phenoxy) is 1. The molecule has 1 N–H and O–H groups in total. The van der Waals surface area contributed by atoms with Crippen LogP contribution in [0.25, 0.3) is 0 Å². The lowest BCUT2D eigenvalue weighted by Crippen LogP contribution is -2.42. The van der Waals surface area contributed by atoms with Crippen molar-refractivity contribution < 1.29 is 14.3 Å². The molecule has 0 radical (unpaired) electrons. The zero-order valence-electron chi connectivity index (χ0n) is 13.8. The van der Waals surface area contributed by atoms with Gasteiger partial charge in [-0.2, -0.15) is 0 Å². The Hall–Kier alpha value is -2.83. The predicted octanol–water partition coefficient (Wildman–Crippen LogP) is 1.14. The first-order valence-electron chi connectivity index (χ1n) is 7.84. The minimum Gasteiger partial charge on any atom is -0.479 e. The van der Waals surface area contributed by atoms with E-state index in [9.17, 15) is 9.59 Å². The van der Waals surface area contributed by atoms with Crippen LogP contribution in [0.2, 0.25) is 0 Å². The molecular formula is C17H20N4O3. The SMILES string of the molecule is COc1nn(C)cc1C(=O)NCC(=O)N1CCCc2ccccc21. The van der Waals surface area contributed by atoms with Gasteiger partial charge in [0.1, 0.15) is 5.56 Å². The van der Waals surface area contributed by atoms with Gasteiger partial charge in [0.2, 0.25) is 11.8 Å². The van der Waals surface area contributed by atoms with E-state index >= 15 is 0 Å². The van der Waals surface area contributed by atoms with Crippen molar-refractivity contribution >= 4 is 17.5 Å². The van der Waals surface area contributed by atoms with Crippen LogP contribution in [0.1, 0.15) is 22.3 Å². The van der Waals surface area contributed by atoms with Gasteiger partial charge in [0, 0.05) is 25.5 Å². The maximum Gasteiger partial charge on any atom is 0.258 e. The van der Waals surface area contributed by atoms with Gasteiger partial charge in [0.15, 0.2) is 0 Å². The fourth-order valence-electron chi connectivity index (χ4n) is 2.91. The number of hydrogen-bond acceptors (Lipinski definition) is 4. The van der Waals surface area contributed by atoms with Crippen molar-refractivity contribution in [2.45, 2.75) is 12.8 Å².